The van der Waals surface area contributed by atoms with Crippen molar-refractivity contribution in [1.29, 1.82) is 0 Å². The van der Waals surface area contributed by atoms with Crippen LogP contribution < -0.4 is 21.8 Å². The third-order valence-corrected chi connectivity index (χ3v) is 13.7. The van der Waals surface area contributed by atoms with Crippen LogP contribution >= 0.6 is 23.5 Å². The SMILES string of the molecule is CC(C)C(=O)Nc1nc2n[nH]nc2c(=O)[nH]1.CC[C@H]1S[C@@H](OC(C)=O)C(OC(=O)c2ccccc2)[C@H]1F.CC[C@H]1S[C@@H](n2nnc3c(=O)[nH]c(NC(=O)C(C)C)nc32)C(OC(=O)c2ccccc2)[C@H]1F. The fraction of sp³-hybridized carbons (Fsp3) is 0.432. The van der Waals surface area contributed by atoms with Crippen LogP contribution in [-0.4, -0.2) is 121 Å². The van der Waals surface area contributed by atoms with Crippen molar-refractivity contribution >= 4 is 87.5 Å². The summed E-state index contributed by atoms with van der Waals surface area (Å²) in [5.41, 5.74) is -0.934. The third kappa shape index (κ3) is 12.6. The van der Waals surface area contributed by atoms with Crippen molar-refractivity contribution in [1.82, 2.24) is 50.3 Å². The van der Waals surface area contributed by atoms with Crippen LogP contribution in [0.25, 0.3) is 22.3 Å². The van der Waals surface area contributed by atoms with Crippen molar-refractivity contribution in [3.05, 3.63) is 92.5 Å². The largest absolute Gasteiger partial charge is 0.452 e. The van der Waals surface area contributed by atoms with Crippen molar-refractivity contribution < 1.29 is 47.0 Å². The predicted octanol–water partition coefficient (Wildman–Crippen LogP) is 5.30. The van der Waals surface area contributed by atoms with E-state index in [0.29, 0.717) is 24.0 Å². The van der Waals surface area contributed by atoms with E-state index in [-0.39, 0.29) is 63.1 Å². The maximum absolute atomic E-state index is 15.3. The first kappa shape index (κ1) is 52.3. The number of anilines is 2. The second-order valence-corrected chi connectivity index (χ2v) is 18.9. The van der Waals surface area contributed by atoms with Crippen molar-refractivity contribution in [2.75, 3.05) is 10.6 Å². The molecule has 0 spiro atoms. The molecular formula is C44H50F2N12O10S2. The second-order valence-electron chi connectivity index (χ2n) is 16.2. The number of esters is 3. The molecule has 8 rings (SSSR count). The Morgan fingerprint density at radius 2 is 1.20 bits per heavy atom. The lowest BCUT2D eigenvalue weighted by Gasteiger charge is -2.21. The summed E-state index contributed by atoms with van der Waals surface area (Å²) in [5.74, 6) is -2.88. The Kier molecular flexibility index (Phi) is 17.5. The number of nitrogens with zero attached hydrogens (tertiary/aromatic N) is 7. The number of rotatable bonds is 12. The lowest BCUT2D eigenvalue weighted by molar-refractivity contribution is -0.147. The quantitative estimate of drug-likeness (QED) is 0.0767. The van der Waals surface area contributed by atoms with Gasteiger partial charge < -0.3 is 14.2 Å². The van der Waals surface area contributed by atoms with Gasteiger partial charge in [-0.25, -0.2) is 23.1 Å². The normalized spacial score (nSPS) is 21.6. The number of aromatic amines is 3. The molecular weight excluding hydrogens is 959 g/mol. The smallest absolute Gasteiger partial charge is 0.338 e. The number of benzene rings is 2. The minimum absolute atomic E-state index is 0.0556. The van der Waals surface area contributed by atoms with Gasteiger partial charge in [-0.3, -0.25) is 44.6 Å². The Morgan fingerprint density at radius 3 is 1.73 bits per heavy atom. The van der Waals surface area contributed by atoms with E-state index in [1.165, 1.54) is 35.1 Å². The summed E-state index contributed by atoms with van der Waals surface area (Å²) in [6.07, 6.45) is -3.99. The van der Waals surface area contributed by atoms with Crippen LogP contribution in [0.5, 0.6) is 0 Å². The van der Waals surface area contributed by atoms with Crippen LogP contribution in [0.3, 0.4) is 0 Å². The lowest BCUT2D eigenvalue weighted by Crippen LogP contribution is -2.36. The van der Waals surface area contributed by atoms with Gasteiger partial charge in [-0.05, 0) is 37.1 Å². The average Bonchev–Trinajstić information content (AvgIpc) is 4.12. The Bertz CT molecular complexity index is 2920. The molecule has 4 aromatic heterocycles. The van der Waals surface area contributed by atoms with E-state index < -0.39 is 69.6 Å². The van der Waals surface area contributed by atoms with Gasteiger partial charge in [-0.2, -0.15) is 15.2 Å². The summed E-state index contributed by atoms with van der Waals surface area (Å²) in [7, 11) is 0. The molecule has 22 nitrogen and oxygen atoms in total. The zero-order valence-corrected chi connectivity index (χ0v) is 40.4. The van der Waals surface area contributed by atoms with Gasteiger partial charge in [0.1, 0.15) is 5.37 Å². The number of fused-ring (bicyclic) bond motifs is 2. The number of alkyl halides is 2. The Hall–Kier alpha value is -7.09. The van der Waals surface area contributed by atoms with Crippen LogP contribution in [0.4, 0.5) is 20.7 Å². The van der Waals surface area contributed by atoms with Gasteiger partial charge in [-0.1, -0.05) is 83.2 Å². The fourth-order valence-electron chi connectivity index (χ4n) is 6.67. The van der Waals surface area contributed by atoms with E-state index in [2.05, 4.69) is 56.3 Å². The standard InChI is InChI=1S/C21H23FN6O4S.C15H17FO4S.C8H10N6O2/c1-4-12-13(22)15(32-20(31)11-8-6-5-7-9-11)19(33-12)28-16-14(26-27-28)18(30)25-21(23-16)24-17(29)10(2)3;1-3-11-12(16)13(15(21-11)19-9(2)17)20-14(18)10-7-5-4-6-8-10;1-3(2)6(15)10-8-9-5-4(7(16)11-8)12-14-13-5/h5-10,12-13,15,19H,4H2,1-3H3,(H2,23,24,25,29,30);4-8,11-13,15H,3H2,1-2H3;3H,1-2H3,(H3,9,10,11,12,13,14,15,16)/t12-,13+,15?,19-;11-,12+,13?,15-;/m11./s1. The number of nitrogens with one attached hydrogen (secondary N) is 5. The van der Waals surface area contributed by atoms with E-state index in [1.807, 2.05) is 13.8 Å². The molecule has 5 N–H and O–H groups in total. The number of amides is 2. The average molecular weight is 1010 g/mol. The monoisotopic (exact) mass is 1010 g/mol. The number of thioether (sulfide) groups is 2. The molecule has 2 aliphatic rings. The summed E-state index contributed by atoms with van der Waals surface area (Å²) < 4.78 is 46.8. The van der Waals surface area contributed by atoms with Gasteiger partial charge in [0, 0.05) is 29.3 Å². The molecule has 2 fully saturated rings. The van der Waals surface area contributed by atoms with Gasteiger partial charge in [0.25, 0.3) is 11.1 Å². The molecule has 0 saturated carbocycles. The molecule has 2 aromatic carbocycles. The molecule has 2 unspecified atom stereocenters. The Balaban J connectivity index is 0.000000186. The highest BCUT2D eigenvalue weighted by Crippen LogP contribution is 2.47. The van der Waals surface area contributed by atoms with Crippen molar-refractivity contribution in [3.63, 3.8) is 0 Å². The molecule has 2 aliphatic heterocycles. The van der Waals surface area contributed by atoms with Gasteiger partial charge in [0.05, 0.1) is 11.1 Å². The number of H-pyrrole nitrogens is 3. The lowest BCUT2D eigenvalue weighted by atomic mass is 10.1. The van der Waals surface area contributed by atoms with Crippen LogP contribution in [0.2, 0.25) is 0 Å². The highest BCUT2D eigenvalue weighted by Gasteiger charge is 2.50. The van der Waals surface area contributed by atoms with Gasteiger partial charge >= 0.3 is 17.9 Å². The van der Waals surface area contributed by atoms with E-state index in [1.54, 1.807) is 88.4 Å². The summed E-state index contributed by atoms with van der Waals surface area (Å²) >= 11 is 2.43. The third-order valence-electron chi connectivity index (χ3n) is 10.4. The number of ether oxygens (including phenoxy) is 3. The fourth-order valence-corrected chi connectivity index (χ4v) is 9.54. The van der Waals surface area contributed by atoms with Crippen molar-refractivity contribution in [3.8, 4) is 0 Å². The van der Waals surface area contributed by atoms with Crippen LogP contribution in [0.1, 0.15) is 87.4 Å². The summed E-state index contributed by atoms with van der Waals surface area (Å²) in [5, 5.41) is 20.9. The molecule has 6 aromatic rings. The van der Waals surface area contributed by atoms with Crippen LogP contribution in [0.15, 0.2) is 70.3 Å². The first-order valence-electron chi connectivity index (χ1n) is 22.0. The van der Waals surface area contributed by atoms with Crippen molar-refractivity contribution in [2.45, 2.75) is 107 Å². The molecule has 2 saturated heterocycles. The molecule has 6 heterocycles. The van der Waals surface area contributed by atoms with Gasteiger partial charge in [-0.15, -0.1) is 38.8 Å². The maximum atomic E-state index is 15.3. The first-order chi connectivity index (χ1) is 33.4. The Morgan fingerprint density at radius 1 is 0.700 bits per heavy atom. The zero-order valence-electron chi connectivity index (χ0n) is 38.7. The summed E-state index contributed by atoms with van der Waals surface area (Å²) in [6.45, 7) is 11.8. The summed E-state index contributed by atoms with van der Waals surface area (Å²) in [4.78, 5) is 96.2. The number of aromatic nitrogens is 10. The number of carbonyl (C=O) groups excluding carboxylic acids is 5. The van der Waals surface area contributed by atoms with Crippen molar-refractivity contribution in [2.24, 2.45) is 11.8 Å². The van der Waals surface area contributed by atoms with Crippen LogP contribution in [-0.2, 0) is 28.6 Å². The minimum Gasteiger partial charge on any atom is -0.452 e. The zero-order chi connectivity index (χ0) is 50.8. The predicted molar refractivity (Wildman–Crippen MR) is 254 cm³/mol. The van der Waals surface area contributed by atoms with Gasteiger partial charge in [0.2, 0.25) is 29.4 Å². The number of halogens is 2. The minimum atomic E-state index is -1.46. The highest BCUT2D eigenvalue weighted by atomic mass is 32.2. The van der Waals surface area contributed by atoms with Crippen LogP contribution in [0, 0.1) is 11.8 Å². The summed E-state index contributed by atoms with van der Waals surface area (Å²) in [6, 6.07) is 16.7. The number of hydrogen-bond acceptors (Lipinski definition) is 18. The van der Waals surface area contributed by atoms with E-state index >= 15 is 4.39 Å². The van der Waals surface area contributed by atoms with Gasteiger partial charge in [0.15, 0.2) is 46.7 Å². The molecule has 0 bridgehead atoms. The molecule has 2 amide bonds. The number of hydrogen-bond donors (Lipinski definition) is 5. The molecule has 26 heteroatoms. The van der Waals surface area contributed by atoms with E-state index in [0.717, 1.165) is 0 Å². The molecule has 70 heavy (non-hydrogen) atoms. The second kappa shape index (κ2) is 23.5. The van der Waals surface area contributed by atoms with E-state index in [4.69, 9.17) is 14.2 Å². The Labute approximate surface area is 405 Å². The molecule has 0 aliphatic carbocycles. The maximum Gasteiger partial charge on any atom is 0.338 e. The topological polar surface area (TPSA) is 301 Å². The molecule has 372 valence electrons. The first-order valence-corrected chi connectivity index (χ1v) is 23.8. The molecule has 0 radical (unpaired) electrons. The number of carbonyl (C=O) groups is 5. The highest BCUT2D eigenvalue weighted by molar-refractivity contribution is 8.00. The molecule has 8 atom stereocenters. The van der Waals surface area contributed by atoms with E-state index in [9.17, 15) is 38.0 Å².